The molecule has 4 heteroatoms. The number of benzene rings is 1. The number of nitrogens with zero attached hydrogens (tertiary/aromatic N) is 2. The van der Waals surface area contributed by atoms with Crippen LogP contribution in [0.4, 0.5) is 0 Å². The van der Waals surface area contributed by atoms with E-state index in [1.165, 1.54) is 37.6 Å². The summed E-state index contributed by atoms with van der Waals surface area (Å²) in [7, 11) is 0. The third-order valence-electron chi connectivity index (χ3n) is 4.70. The number of fused-ring (bicyclic) bond motifs is 1. The van der Waals surface area contributed by atoms with Crippen molar-refractivity contribution in [2.75, 3.05) is 0 Å². The molecule has 0 aliphatic heterocycles. The second kappa shape index (κ2) is 6.14. The van der Waals surface area contributed by atoms with Crippen LogP contribution in [0.15, 0.2) is 24.3 Å². The summed E-state index contributed by atoms with van der Waals surface area (Å²) in [5.41, 5.74) is 8.06. The summed E-state index contributed by atoms with van der Waals surface area (Å²) in [6, 6.07) is 8.92. The molecule has 1 aliphatic rings. The molecule has 2 N–H and O–H groups in total. The number of nitrogens with two attached hydrogens (primary N) is 1. The minimum Gasteiger partial charge on any atom is -0.393 e. The van der Waals surface area contributed by atoms with E-state index in [0.29, 0.717) is 17.5 Å². The molecule has 0 bridgehead atoms. The Morgan fingerprint density at radius 3 is 2.95 bits per heavy atom. The van der Waals surface area contributed by atoms with Crippen LogP contribution in [0.3, 0.4) is 0 Å². The first kappa shape index (κ1) is 14.5. The standard InChI is InChI=1S/C17H23N3S/c1-2-12-6-5-7-13(10-12)20-15-9-4-3-8-14(15)19-17(20)11-16(18)21/h3-4,8-9,12-13H,2,5-7,10-11H2,1H3,(H2,18,21). The largest absolute Gasteiger partial charge is 0.393 e. The van der Waals surface area contributed by atoms with Gasteiger partial charge in [0.05, 0.1) is 22.4 Å². The van der Waals surface area contributed by atoms with Crippen LogP contribution >= 0.6 is 12.2 Å². The van der Waals surface area contributed by atoms with Crippen molar-refractivity contribution in [3.8, 4) is 0 Å². The van der Waals surface area contributed by atoms with Crippen LogP contribution in [0.2, 0.25) is 0 Å². The lowest BCUT2D eigenvalue weighted by Crippen LogP contribution is -2.22. The van der Waals surface area contributed by atoms with Crippen LogP contribution in [0.1, 0.15) is 50.9 Å². The average Bonchev–Trinajstić information content (AvgIpc) is 2.84. The minimum atomic E-state index is 0.523. The van der Waals surface area contributed by atoms with Crippen molar-refractivity contribution in [2.45, 2.75) is 51.5 Å². The third-order valence-corrected chi connectivity index (χ3v) is 4.84. The molecule has 2 aromatic rings. The molecule has 1 aromatic heterocycles. The summed E-state index contributed by atoms with van der Waals surface area (Å²) in [5.74, 6) is 1.87. The highest BCUT2D eigenvalue weighted by atomic mass is 32.1. The van der Waals surface area contributed by atoms with Crippen molar-refractivity contribution in [3.63, 3.8) is 0 Å². The highest BCUT2D eigenvalue weighted by Gasteiger charge is 2.25. The van der Waals surface area contributed by atoms with Gasteiger partial charge in [0, 0.05) is 6.04 Å². The van der Waals surface area contributed by atoms with Crippen molar-refractivity contribution in [1.82, 2.24) is 9.55 Å². The normalized spacial score (nSPS) is 22.5. The summed E-state index contributed by atoms with van der Waals surface area (Å²) in [4.78, 5) is 5.30. The maximum absolute atomic E-state index is 5.78. The first-order valence-corrected chi connectivity index (χ1v) is 8.34. The van der Waals surface area contributed by atoms with Gasteiger partial charge >= 0.3 is 0 Å². The van der Waals surface area contributed by atoms with E-state index in [0.717, 1.165) is 17.3 Å². The molecular weight excluding hydrogens is 278 g/mol. The number of hydrogen-bond donors (Lipinski definition) is 1. The number of para-hydroxylation sites is 2. The maximum Gasteiger partial charge on any atom is 0.116 e. The van der Waals surface area contributed by atoms with E-state index >= 15 is 0 Å². The van der Waals surface area contributed by atoms with Gasteiger partial charge in [0.2, 0.25) is 0 Å². The first-order valence-electron chi connectivity index (χ1n) is 7.93. The zero-order valence-corrected chi connectivity index (χ0v) is 13.4. The van der Waals surface area contributed by atoms with Crippen LogP contribution in [-0.4, -0.2) is 14.5 Å². The number of rotatable bonds is 4. The molecule has 3 rings (SSSR count). The molecule has 1 fully saturated rings. The monoisotopic (exact) mass is 301 g/mol. The molecule has 1 aliphatic carbocycles. The smallest absolute Gasteiger partial charge is 0.116 e. The molecule has 1 heterocycles. The zero-order valence-electron chi connectivity index (χ0n) is 12.6. The van der Waals surface area contributed by atoms with Gasteiger partial charge in [-0.3, -0.25) is 0 Å². The van der Waals surface area contributed by atoms with E-state index in [1.54, 1.807) is 0 Å². The Hall–Kier alpha value is -1.42. The van der Waals surface area contributed by atoms with Crippen LogP contribution in [-0.2, 0) is 6.42 Å². The van der Waals surface area contributed by atoms with Crippen LogP contribution in [0.25, 0.3) is 11.0 Å². The molecule has 21 heavy (non-hydrogen) atoms. The molecule has 0 spiro atoms. The number of hydrogen-bond acceptors (Lipinski definition) is 2. The van der Waals surface area contributed by atoms with Gasteiger partial charge in [-0.1, -0.05) is 50.5 Å². The lowest BCUT2D eigenvalue weighted by atomic mass is 9.84. The van der Waals surface area contributed by atoms with Crippen LogP contribution < -0.4 is 5.73 Å². The number of aromatic nitrogens is 2. The summed E-state index contributed by atoms with van der Waals surface area (Å²) in [6.45, 7) is 2.30. The molecule has 3 nitrogen and oxygen atoms in total. The Morgan fingerprint density at radius 2 is 2.19 bits per heavy atom. The van der Waals surface area contributed by atoms with Gasteiger partial charge in [-0.25, -0.2) is 4.98 Å². The molecule has 112 valence electrons. The summed E-state index contributed by atoms with van der Waals surface area (Å²) < 4.78 is 2.41. The molecule has 1 saturated carbocycles. The van der Waals surface area contributed by atoms with Crippen LogP contribution in [0, 0.1) is 5.92 Å². The molecule has 2 unspecified atom stereocenters. The highest BCUT2D eigenvalue weighted by Crippen LogP contribution is 2.36. The maximum atomic E-state index is 5.78. The number of imidazole rings is 1. The van der Waals surface area contributed by atoms with E-state index < -0.39 is 0 Å². The van der Waals surface area contributed by atoms with Crippen molar-refractivity contribution < 1.29 is 0 Å². The Labute approximate surface area is 131 Å². The van der Waals surface area contributed by atoms with E-state index in [1.807, 2.05) is 6.07 Å². The van der Waals surface area contributed by atoms with Crippen molar-refractivity contribution in [3.05, 3.63) is 30.1 Å². The average molecular weight is 301 g/mol. The fourth-order valence-corrected chi connectivity index (χ4v) is 3.78. The van der Waals surface area contributed by atoms with E-state index in [-0.39, 0.29) is 0 Å². The van der Waals surface area contributed by atoms with Gasteiger partial charge in [0.25, 0.3) is 0 Å². The second-order valence-electron chi connectivity index (χ2n) is 6.12. The van der Waals surface area contributed by atoms with Gasteiger partial charge in [0.15, 0.2) is 0 Å². The number of thiocarbonyl (C=S) groups is 1. The lowest BCUT2D eigenvalue weighted by Gasteiger charge is -2.31. The molecule has 0 amide bonds. The zero-order chi connectivity index (χ0) is 14.8. The van der Waals surface area contributed by atoms with E-state index in [4.69, 9.17) is 22.9 Å². The molecule has 0 radical (unpaired) electrons. The SMILES string of the molecule is CCC1CCCC(n2c(CC(N)=S)nc3ccccc32)C1. The Kier molecular flexibility index (Phi) is 4.24. The van der Waals surface area contributed by atoms with Gasteiger partial charge in [-0.15, -0.1) is 0 Å². The van der Waals surface area contributed by atoms with Gasteiger partial charge in [0.1, 0.15) is 5.82 Å². The molecule has 0 saturated heterocycles. The second-order valence-corrected chi connectivity index (χ2v) is 6.65. The molecular formula is C17H23N3S. The summed E-state index contributed by atoms with van der Waals surface area (Å²) in [5, 5.41) is 0. The van der Waals surface area contributed by atoms with E-state index in [9.17, 15) is 0 Å². The third kappa shape index (κ3) is 2.95. The van der Waals surface area contributed by atoms with Gasteiger partial charge < -0.3 is 10.3 Å². The summed E-state index contributed by atoms with van der Waals surface area (Å²) >= 11 is 5.11. The van der Waals surface area contributed by atoms with Crippen LogP contribution in [0.5, 0.6) is 0 Å². The molecule has 2 atom stereocenters. The Bertz CT molecular complexity index is 647. The fraction of sp³-hybridized carbons (Fsp3) is 0.529. The minimum absolute atomic E-state index is 0.523. The summed E-state index contributed by atoms with van der Waals surface area (Å²) in [6.07, 6.45) is 7.03. The quantitative estimate of drug-likeness (QED) is 0.868. The predicted octanol–water partition coefficient (Wildman–Crippen LogP) is 4.01. The van der Waals surface area contributed by atoms with Crippen molar-refractivity contribution in [1.29, 1.82) is 0 Å². The van der Waals surface area contributed by atoms with E-state index in [2.05, 4.69) is 29.7 Å². The van der Waals surface area contributed by atoms with Gasteiger partial charge in [-0.05, 0) is 30.9 Å². The highest BCUT2D eigenvalue weighted by molar-refractivity contribution is 7.80. The van der Waals surface area contributed by atoms with Crippen molar-refractivity contribution in [2.24, 2.45) is 11.7 Å². The predicted molar refractivity (Wildman–Crippen MR) is 91.5 cm³/mol. The topological polar surface area (TPSA) is 43.8 Å². The molecule has 1 aromatic carbocycles. The van der Waals surface area contributed by atoms with Crippen molar-refractivity contribution >= 4 is 28.2 Å². The Morgan fingerprint density at radius 1 is 1.38 bits per heavy atom. The fourth-order valence-electron chi connectivity index (χ4n) is 3.65. The van der Waals surface area contributed by atoms with Gasteiger partial charge in [-0.2, -0.15) is 0 Å². The first-order chi connectivity index (χ1) is 10.2. The Balaban J connectivity index is 2.03. The lowest BCUT2D eigenvalue weighted by molar-refractivity contribution is 0.262.